The van der Waals surface area contributed by atoms with Gasteiger partial charge in [-0.25, -0.2) is 0 Å². The van der Waals surface area contributed by atoms with E-state index in [9.17, 15) is 14.4 Å². The van der Waals surface area contributed by atoms with Gasteiger partial charge in [0.1, 0.15) is 13.2 Å². The molecule has 0 amide bonds. The van der Waals surface area contributed by atoms with E-state index in [-0.39, 0.29) is 31.1 Å². The van der Waals surface area contributed by atoms with Gasteiger partial charge in [-0.2, -0.15) is 0 Å². The van der Waals surface area contributed by atoms with Crippen LogP contribution in [0.5, 0.6) is 0 Å². The Labute approximate surface area is 487 Å². The van der Waals surface area contributed by atoms with Crippen LogP contribution in [0.2, 0.25) is 0 Å². The van der Waals surface area contributed by atoms with E-state index in [1.807, 2.05) is 0 Å². The van der Waals surface area contributed by atoms with E-state index < -0.39 is 6.10 Å². The van der Waals surface area contributed by atoms with Crippen molar-refractivity contribution in [2.45, 2.75) is 406 Å². The molecule has 78 heavy (non-hydrogen) atoms. The highest BCUT2D eigenvalue weighted by Gasteiger charge is 2.19. The molecule has 0 N–H and O–H groups in total. The van der Waals surface area contributed by atoms with Gasteiger partial charge in [-0.3, -0.25) is 14.4 Å². The minimum Gasteiger partial charge on any atom is -0.462 e. The highest BCUT2D eigenvalue weighted by molar-refractivity contribution is 5.71. The summed E-state index contributed by atoms with van der Waals surface area (Å²) in [6, 6.07) is 0. The van der Waals surface area contributed by atoms with E-state index in [0.29, 0.717) is 19.3 Å². The van der Waals surface area contributed by atoms with Crippen molar-refractivity contribution >= 4 is 17.9 Å². The molecule has 0 saturated carbocycles. The molecule has 6 heteroatoms. The van der Waals surface area contributed by atoms with E-state index in [1.165, 1.54) is 295 Å². The Balaban J connectivity index is 3.93. The zero-order valence-electron chi connectivity index (χ0n) is 53.0. The fraction of sp³-hybridized carbons (Fsp3) is 0.903. The Morgan fingerprint density at radius 2 is 0.462 bits per heavy atom. The van der Waals surface area contributed by atoms with Crippen LogP contribution in [0.25, 0.3) is 0 Å². The lowest BCUT2D eigenvalue weighted by Crippen LogP contribution is -2.30. The number of carbonyl (C=O) groups excluding carboxylic acids is 3. The number of carbonyl (C=O) groups is 3. The molecule has 0 saturated heterocycles. The van der Waals surface area contributed by atoms with E-state index in [4.69, 9.17) is 14.2 Å². The molecule has 1 unspecified atom stereocenters. The number of esters is 3. The van der Waals surface area contributed by atoms with Gasteiger partial charge in [-0.05, 0) is 51.4 Å². The number of ether oxygens (including phenoxy) is 3. The standard InChI is InChI=1S/C72H136O6/c1-4-7-10-13-16-18-20-22-24-26-28-29-30-31-32-33-34-35-36-37-38-39-40-41-42-44-45-47-49-51-53-56-59-62-65-71(74)77-68-69(67-76-70(73)64-61-58-55-15-12-9-6-3)78-72(75)66-63-60-57-54-52-50-48-46-43-27-25-23-21-19-17-14-11-8-5-2/h17,19,23,25,69H,4-16,18,20-22,24,26-68H2,1-3H3/b19-17-,25-23-. The number of allylic oxidation sites excluding steroid dienone is 4. The molecule has 460 valence electrons. The maximum absolute atomic E-state index is 12.9. The van der Waals surface area contributed by atoms with Crippen molar-refractivity contribution in [3.05, 3.63) is 24.3 Å². The van der Waals surface area contributed by atoms with Gasteiger partial charge in [-0.15, -0.1) is 0 Å². The smallest absolute Gasteiger partial charge is 0.306 e. The van der Waals surface area contributed by atoms with Gasteiger partial charge < -0.3 is 14.2 Å². The molecule has 6 nitrogen and oxygen atoms in total. The third-order valence-electron chi connectivity index (χ3n) is 16.2. The molecule has 0 fully saturated rings. The maximum atomic E-state index is 12.9. The molecular formula is C72H136O6. The predicted octanol–water partition coefficient (Wildman–Crippen LogP) is 24.2. The van der Waals surface area contributed by atoms with Crippen molar-refractivity contribution < 1.29 is 28.6 Å². The average Bonchev–Trinajstić information content (AvgIpc) is 3.44. The minimum atomic E-state index is -0.768. The van der Waals surface area contributed by atoms with Crippen LogP contribution >= 0.6 is 0 Å². The van der Waals surface area contributed by atoms with Crippen molar-refractivity contribution in [1.29, 1.82) is 0 Å². The number of unbranched alkanes of at least 4 members (excludes halogenated alkanes) is 51. The first-order chi connectivity index (χ1) is 38.5. The molecule has 0 radical (unpaired) electrons. The van der Waals surface area contributed by atoms with Gasteiger partial charge >= 0.3 is 17.9 Å². The molecule has 0 aromatic carbocycles. The summed E-state index contributed by atoms with van der Waals surface area (Å²) in [5.41, 5.74) is 0. The molecule has 0 spiro atoms. The van der Waals surface area contributed by atoms with Crippen LogP contribution in [0.1, 0.15) is 400 Å². The first-order valence-electron chi connectivity index (χ1n) is 35.3. The van der Waals surface area contributed by atoms with Crippen molar-refractivity contribution in [2.75, 3.05) is 13.2 Å². The summed E-state index contributed by atoms with van der Waals surface area (Å²) in [5.74, 6) is -0.853. The van der Waals surface area contributed by atoms with Crippen LogP contribution in [0, 0.1) is 0 Å². The molecule has 0 aliphatic heterocycles. The normalized spacial score (nSPS) is 12.1. The Morgan fingerprint density at radius 1 is 0.256 bits per heavy atom. The molecule has 0 aliphatic rings. The lowest BCUT2D eigenvalue weighted by atomic mass is 10.0. The molecule has 1 atom stereocenters. The quantitative estimate of drug-likeness (QED) is 0.0261. The summed E-state index contributed by atoms with van der Waals surface area (Å²) in [4.78, 5) is 38.1. The zero-order valence-corrected chi connectivity index (χ0v) is 53.0. The van der Waals surface area contributed by atoms with Crippen LogP contribution in [-0.2, 0) is 28.6 Å². The highest BCUT2D eigenvalue weighted by Crippen LogP contribution is 2.19. The molecule has 0 aromatic rings. The van der Waals surface area contributed by atoms with Gasteiger partial charge in [0.15, 0.2) is 6.10 Å². The van der Waals surface area contributed by atoms with Crippen LogP contribution < -0.4 is 0 Å². The molecular weight excluding hydrogens is 961 g/mol. The Morgan fingerprint density at radius 3 is 0.731 bits per heavy atom. The molecule has 0 heterocycles. The summed E-state index contributed by atoms with van der Waals surface area (Å²) < 4.78 is 16.9. The Kier molecular flexibility index (Phi) is 65.6. The fourth-order valence-electron chi connectivity index (χ4n) is 10.9. The number of rotatable bonds is 66. The average molecular weight is 1100 g/mol. The first kappa shape index (κ1) is 75.9. The van der Waals surface area contributed by atoms with Crippen LogP contribution in [0.4, 0.5) is 0 Å². The van der Waals surface area contributed by atoms with Crippen LogP contribution in [0.3, 0.4) is 0 Å². The van der Waals surface area contributed by atoms with E-state index >= 15 is 0 Å². The Bertz CT molecular complexity index is 1260. The predicted molar refractivity (Wildman–Crippen MR) is 340 cm³/mol. The van der Waals surface area contributed by atoms with Crippen LogP contribution in [-0.4, -0.2) is 37.2 Å². The molecule has 0 aliphatic carbocycles. The summed E-state index contributed by atoms with van der Waals surface area (Å²) in [6.45, 7) is 6.64. The van der Waals surface area contributed by atoms with Gasteiger partial charge in [0.05, 0.1) is 0 Å². The Hall–Kier alpha value is -2.11. The SMILES string of the molecule is CCCCC/C=C\C/C=C\CCCCCCCCCCCC(=O)OC(COC(=O)CCCCCCCCC)COC(=O)CCCCCCCCCCCCCCCCCCCCCCCCCCCCCCCCCCCC. The van der Waals surface area contributed by atoms with E-state index in [0.717, 1.165) is 64.2 Å². The van der Waals surface area contributed by atoms with E-state index in [2.05, 4.69) is 45.1 Å². The van der Waals surface area contributed by atoms with Crippen molar-refractivity contribution in [1.82, 2.24) is 0 Å². The summed E-state index contributed by atoms with van der Waals surface area (Å²) in [5, 5.41) is 0. The van der Waals surface area contributed by atoms with Crippen molar-refractivity contribution in [3.8, 4) is 0 Å². The summed E-state index contributed by atoms with van der Waals surface area (Å²) in [6.07, 6.45) is 82.6. The first-order valence-corrected chi connectivity index (χ1v) is 35.3. The third-order valence-corrected chi connectivity index (χ3v) is 16.2. The van der Waals surface area contributed by atoms with Crippen molar-refractivity contribution in [3.63, 3.8) is 0 Å². The van der Waals surface area contributed by atoms with E-state index in [1.54, 1.807) is 0 Å². The third kappa shape index (κ3) is 64.7. The monoisotopic (exact) mass is 1100 g/mol. The van der Waals surface area contributed by atoms with Gasteiger partial charge in [0, 0.05) is 19.3 Å². The zero-order chi connectivity index (χ0) is 56.4. The molecule has 0 aromatic heterocycles. The largest absolute Gasteiger partial charge is 0.462 e. The second kappa shape index (κ2) is 67.4. The molecule has 0 rings (SSSR count). The van der Waals surface area contributed by atoms with Gasteiger partial charge in [0.25, 0.3) is 0 Å². The van der Waals surface area contributed by atoms with Crippen LogP contribution in [0.15, 0.2) is 24.3 Å². The number of hydrogen-bond donors (Lipinski definition) is 0. The highest BCUT2D eigenvalue weighted by atomic mass is 16.6. The summed E-state index contributed by atoms with van der Waals surface area (Å²) in [7, 11) is 0. The van der Waals surface area contributed by atoms with Crippen molar-refractivity contribution in [2.24, 2.45) is 0 Å². The second-order valence-corrected chi connectivity index (χ2v) is 24.2. The second-order valence-electron chi connectivity index (χ2n) is 24.2. The number of hydrogen-bond acceptors (Lipinski definition) is 6. The topological polar surface area (TPSA) is 78.9 Å². The lowest BCUT2D eigenvalue weighted by molar-refractivity contribution is -0.167. The lowest BCUT2D eigenvalue weighted by Gasteiger charge is -2.18. The maximum Gasteiger partial charge on any atom is 0.306 e. The minimum absolute atomic E-state index is 0.0677. The fourth-order valence-corrected chi connectivity index (χ4v) is 10.9. The molecule has 0 bridgehead atoms. The van der Waals surface area contributed by atoms with Gasteiger partial charge in [-0.1, -0.05) is 353 Å². The summed E-state index contributed by atoms with van der Waals surface area (Å²) >= 11 is 0. The van der Waals surface area contributed by atoms with Gasteiger partial charge in [0.2, 0.25) is 0 Å².